The molecule has 4 heteroatoms. The van der Waals surface area contributed by atoms with Gasteiger partial charge in [-0.2, -0.15) is 0 Å². The summed E-state index contributed by atoms with van der Waals surface area (Å²) in [5.41, 5.74) is 6.59. The van der Waals surface area contributed by atoms with Crippen LogP contribution in [0.5, 0.6) is 0 Å². The Labute approximate surface area is 129 Å². The van der Waals surface area contributed by atoms with Crippen LogP contribution < -0.4 is 5.73 Å². The minimum atomic E-state index is 0.178. The maximum absolute atomic E-state index is 13.0. The second-order valence-electron chi connectivity index (χ2n) is 8.79. The number of carbonyl (C=O) groups is 1. The standard InChI is InChI=1S/C17H31N3O/c1-16-8-17(2,10-19(3)9-16)12-20(11-16)15(21)13-5-4-6-14(18)7-13/h13-14H,4-12,18H2,1-3H3/t13-,14+,16-,17+/m1/s1. The lowest BCUT2D eigenvalue weighted by molar-refractivity contribution is -0.149. The van der Waals surface area contributed by atoms with Crippen LogP contribution in [0, 0.1) is 16.7 Å². The predicted molar refractivity (Wildman–Crippen MR) is 84.8 cm³/mol. The molecular weight excluding hydrogens is 262 g/mol. The molecule has 3 fully saturated rings. The van der Waals surface area contributed by atoms with Gasteiger partial charge in [0.25, 0.3) is 0 Å². The lowest BCUT2D eigenvalue weighted by atomic mass is 9.65. The van der Waals surface area contributed by atoms with E-state index < -0.39 is 0 Å². The molecule has 0 unspecified atom stereocenters. The van der Waals surface area contributed by atoms with Gasteiger partial charge in [0, 0.05) is 38.1 Å². The summed E-state index contributed by atoms with van der Waals surface area (Å²) in [5.74, 6) is 0.560. The number of hydrogen-bond acceptors (Lipinski definition) is 3. The zero-order valence-electron chi connectivity index (χ0n) is 13.9. The number of piperidine rings is 2. The molecule has 2 bridgehead atoms. The number of nitrogens with zero attached hydrogens (tertiary/aromatic N) is 2. The number of rotatable bonds is 1. The lowest BCUT2D eigenvalue weighted by Gasteiger charge is -2.56. The first kappa shape index (κ1) is 15.3. The fourth-order valence-electron chi connectivity index (χ4n) is 5.56. The van der Waals surface area contributed by atoms with E-state index in [0.717, 1.165) is 51.9 Å². The Bertz CT molecular complexity index is 406. The van der Waals surface area contributed by atoms with Gasteiger partial charge in [-0.05, 0) is 43.6 Å². The van der Waals surface area contributed by atoms with E-state index in [1.54, 1.807) is 0 Å². The predicted octanol–water partition coefficient (Wildman–Crippen LogP) is 1.69. The number of likely N-dealkylation sites (tertiary alicyclic amines) is 2. The van der Waals surface area contributed by atoms with Crippen molar-refractivity contribution >= 4 is 5.91 Å². The van der Waals surface area contributed by atoms with Crippen molar-refractivity contribution in [2.45, 2.75) is 52.0 Å². The Morgan fingerprint density at radius 3 is 2.29 bits per heavy atom. The molecule has 0 aromatic rings. The van der Waals surface area contributed by atoms with Crippen molar-refractivity contribution in [2.75, 3.05) is 33.2 Å². The zero-order valence-corrected chi connectivity index (χ0v) is 13.9. The van der Waals surface area contributed by atoms with E-state index in [1.807, 2.05) is 0 Å². The van der Waals surface area contributed by atoms with E-state index in [9.17, 15) is 4.79 Å². The summed E-state index contributed by atoms with van der Waals surface area (Å²) in [6.45, 7) is 8.78. The third-order valence-electron chi connectivity index (χ3n) is 5.68. The average Bonchev–Trinajstić information content (AvgIpc) is 2.34. The molecular formula is C17H31N3O. The molecule has 3 rings (SSSR count). The summed E-state index contributed by atoms with van der Waals surface area (Å²) in [6, 6.07) is 0.231. The molecule has 2 N–H and O–H groups in total. The first-order chi connectivity index (χ1) is 9.79. The highest BCUT2D eigenvalue weighted by atomic mass is 16.2. The highest BCUT2D eigenvalue weighted by molar-refractivity contribution is 5.79. The number of nitrogens with two attached hydrogens (primary N) is 1. The summed E-state index contributed by atoms with van der Waals surface area (Å²) in [7, 11) is 2.22. The lowest BCUT2D eigenvalue weighted by Crippen LogP contribution is -2.63. The molecule has 21 heavy (non-hydrogen) atoms. The van der Waals surface area contributed by atoms with Gasteiger partial charge in [-0.1, -0.05) is 20.3 Å². The zero-order chi connectivity index (χ0) is 15.3. The third-order valence-corrected chi connectivity index (χ3v) is 5.68. The molecule has 0 aromatic carbocycles. The normalized spacial score (nSPS) is 44.7. The van der Waals surface area contributed by atoms with Crippen LogP contribution in [0.2, 0.25) is 0 Å². The maximum atomic E-state index is 13.0. The van der Waals surface area contributed by atoms with E-state index in [1.165, 1.54) is 6.42 Å². The first-order valence-electron chi connectivity index (χ1n) is 8.52. The third kappa shape index (κ3) is 3.11. The summed E-state index contributed by atoms with van der Waals surface area (Å²) in [5, 5.41) is 0. The molecule has 0 radical (unpaired) electrons. The maximum Gasteiger partial charge on any atom is 0.225 e. The summed E-state index contributed by atoms with van der Waals surface area (Å²) >= 11 is 0. The molecule has 2 aliphatic heterocycles. The molecule has 1 amide bonds. The van der Waals surface area contributed by atoms with E-state index in [4.69, 9.17) is 5.73 Å². The molecule has 0 spiro atoms. The van der Waals surface area contributed by atoms with Crippen LogP contribution in [0.25, 0.3) is 0 Å². The van der Waals surface area contributed by atoms with Gasteiger partial charge in [-0.3, -0.25) is 4.79 Å². The van der Waals surface area contributed by atoms with Crippen LogP contribution in [-0.2, 0) is 4.79 Å². The molecule has 2 saturated heterocycles. The Morgan fingerprint density at radius 2 is 1.71 bits per heavy atom. The molecule has 1 aliphatic carbocycles. The van der Waals surface area contributed by atoms with Gasteiger partial charge in [0.2, 0.25) is 5.91 Å². The van der Waals surface area contributed by atoms with Crippen molar-refractivity contribution < 1.29 is 4.79 Å². The quantitative estimate of drug-likeness (QED) is 0.800. The number of carbonyl (C=O) groups excluding carboxylic acids is 1. The Balaban J connectivity index is 1.73. The minimum absolute atomic E-state index is 0.178. The van der Waals surface area contributed by atoms with Crippen LogP contribution in [0.4, 0.5) is 0 Å². The summed E-state index contributed by atoms with van der Waals surface area (Å²) < 4.78 is 0. The largest absolute Gasteiger partial charge is 0.341 e. The van der Waals surface area contributed by atoms with Crippen molar-refractivity contribution in [2.24, 2.45) is 22.5 Å². The Morgan fingerprint density at radius 1 is 1.10 bits per heavy atom. The molecule has 4 nitrogen and oxygen atoms in total. The van der Waals surface area contributed by atoms with Crippen molar-refractivity contribution in [3.63, 3.8) is 0 Å². The summed E-state index contributed by atoms with van der Waals surface area (Å²) in [4.78, 5) is 17.6. The van der Waals surface area contributed by atoms with Crippen molar-refractivity contribution in [3.8, 4) is 0 Å². The van der Waals surface area contributed by atoms with Crippen LogP contribution in [0.1, 0.15) is 46.0 Å². The smallest absolute Gasteiger partial charge is 0.225 e. The van der Waals surface area contributed by atoms with Crippen LogP contribution in [0.15, 0.2) is 0 Å². The SMILES string of the molecule is CN1C[C@@]2(C)CN(C(=O)[C@@H]3CCC[C@H](N)C3)C[C@@](C)(C1)C2. The van der Waals surface area contributed by atoms with Crippen LogP contribution in [0.3, 0.4) is 0 Å². The minimum Gasteiger partial charge on any atom is -0.341 e. The topological polar surface area (TPSA) is 49.6 Å². The molecule has 0 aromatic heterocycles. The van der Waals surface area contributed by atoms with Gasteiger partial charge in [-0.15, -0.1) is 0 Å². The highest BCUT2D eigenvalue weighted by Gasteiger charge is 2.49. The van der Waals surface area contributed by atoms with Crippen molar-refractivity contribution in [1.82, 2.24) is 9.80 Å². The van der Waals surface area contributed by atoms with Crippen LogP contribution in [-0.4, -0.2) is 55.0 Å². The fraction of sp³-hybridized carbons (Fsp3) is 0.941. The van der Waals surface area contributed by atoms with Gasteiger partial charge in [0.1, 0.15) is 0 Å². The molecule has 2 heterocycles. The van der Waals surface area contributed by atoms with Gasteiger partial charge in [-0.25, -0.2) is 0 Å². The van der Waals surface area contributed by atoms with Gasteiger partial charge < -0.3 is 15.5 Å². The first-order valence-corrected chi connectivity index (χ1v) is 8.52. The van der Waals surface area contributed by atoms with E-state index >= 15 is 0 Å². The van der Waals surface area contributed by atoms with Gasteiger partial charge in [0.05, 0.1) is 0 Å². The molecule has 4 atom stereocenters. The second kappa shape index (κ2) is 5.24. The van der Waals surface area contributed by atoms with Gasteiger partial charge in [0.15, 0.2) is 0 Å². The highest BCUT2D eigenvalue weighted by Crippen LogP contribution is 2.45. The van der Waals surface area contributed by atoms with Crippen LogP contribution >= 0.6 is 0 Å². The van der Waals surface area contributed by atoms with E-state index in [-0.39, 0.29) is 22.8 Å². The average molecular weight is 293 g/mol. The second-order valence-corrected chi connectivity index (χ2v) is 8.79. The Kier molecular flexibility index (Phi) is 3.81. The molecule has 1 saturated carbocycles. The van der Waals surface area contributed by atoms with Crippen molar-refractivity contribution in [1.29, 1.82) is 0 Å². The monoisotopic (exact) mass is 293 g/mol. The van der Waals surface area contributed by atoms with E-state index in [0.29, 0.717) is 5.91 Å². The molecule has 3 aliphatic rings. The number of fused-ring (bicyclic) bond motifs is 2. The number of hydrogen-bond donors (Lipinski definition) is 1. The fourth-order valence-corrected chi connectivity index (χ4v) is 5.56. The number of amides is 1. The summed E-state index contributed by atoms with van der Waals surface area (Å²) in [6.07, 6.45) is 5.38. The van der Waals surface area contributed by atoms with E-state index in [2.05, 4.69) is 30.7 Å². The molecule has 120 valence electrons. The van der Waals surface area contributed by atoms with Gasteiger partial charge >= 0.3 is 0 Å². The Hall–Kier alpha value is -0.610. The van der Waals surface area contributed by atoms with Crippen molar-refractivity contribution in [3.05, 3.63) is 0 Å².